The maximum atomic E-state index is 14.2. The number of hydrogen-bond donors (Lipinski definition) is 2. The van der Waals surface area contributed by atoms with Crippen molar-refractivity contribution in [3.05, 3.63) is 59.2 Å². The Hall–Kier alpha value is -3.55. The van der Waals surface area contributed by atoms with Crippen LogP contribution in [0, 0.1) is 19.8 Å². The molecule has 3 amide bonds. The number of aryl methyl sites for hydroxylation is 1. The highest BCUT2D eigenvalue weighted by Crippen LogP contribution is 2.29. The molecule has 0 fully saturated rings. The topological polar surface area (TPSA) is 97.0 Å². The minimum atomic E-state index is -0.908. The van der Waals surface area contributed by atoms with Gasteiger partial charge in [0.1, 0.15) is 23.4 Å². The van der Waals surface area contributed by atoms with Crippen LogP contribution >= 0.6 is 0 Å². The molecule has 2 rings (SSSR count). The third kappa shape index (κ3) is 9.30. The van der Waals surface area contributed by atoms with Gasteiger partial charge in [-0.05, 0) is 94.3 Å². The van der Waals surface area contributed by atoms with Gasteiger partial charge < -0.3 is 25.0 Å². The van der Waals surface area contributed by atoms with E-state index < -0.39 is 23.8 Å². The number of carbonyl (C=O) groups is 3. The van der Waals surface area contributed by atoms with Gasteiger partial charge in [0, 0.05) is 12.2 Å². The van der Waals surface area contributed by atoms with Crippen LogP contribution in [-0.4, -0.2) is 48.1 Å². The van der Waals surface area contributed by atoms with Crippen LogP contribution in [0.5, 0.6) is 5.75 Å². The number of alkyl carbamates (subject to hydrolysis) is 1. The smallest absolute Gasteiger partial charge is 0.408 e. The second-order valence-electron chi connectivity index (χ2n) is 11.3. The molecule has 0 aliphatic carbocycles. The van der Waals surface area contributed by atoms with Crippen molar-refractivity contribution in [2.75, 3.05) is 19.0 Å². The minimum Gasteiger partial charge on any atom is -0.497 e. The summed E-state index contributed by atoms with van der Waals surface area (Å²) in [5.74, 6) is 0.125. The third-order valence-electron chi connectivity index (χ3n) is 6.30. The molecular weight excluding hydrogens is 494 g/mol. The van der Waals surface area contributed by atoms with Gasteiger partial charge in [0.15, 0.2) is 0 Å². The molecule has 0 aromatic heterocycles. The molecule has 39 heavy (non-hydrogen) atoms. The monoisotopic (exact) mass is 539 g/mol. The number of rotatable bonds is 11. The average molecular weight is 540 g/mol. The molecule has 8 heteroatoms. The first-order valence-corrected chi connectivity index (χ1v) is 13.6. The van der Waals surface area contributed by atoms with Crippen molar-refractivity contribution in [2.45, 2.75) is 85.9 Å². The van der Waals surface area contributed by atoms with Crippen molar-refractivity contribution < 1.29 is 23.9 Å². The van der Waals surface area contributed by atoms with Gasteiger partial charge in [0.25, 0.3) is 5.91 Å². The Morgan fingerprint density at radius 1 is 1.00 bits per heavy atom. The zero-order valence-corrected chi connectivity index (χ0v) is 24.9. The molecule has 214 valence electrons. The van der Waals surface area contributed by atoms with Crippen molar-refractivity contribution in [1.82, 2.24) is 10.2 Å². The standard InChI is InChI=1S/C31H45N3O5/c1-10-18-34(29(36)26(19-20(2)3)33-30(37)39-31(6,7)8)27(25-13-11-12-21(4)22(25)5)28(35)32-23-14-16-24(38-9)17-15-23/h11-17,20,26-27H,10,18-19H2,1-9H3,(H,32,35)(H,33,37). The lowest BCUT2D eigenvalue weighted by Gasteiger charge is -2.35. The molecule has 2 aromatic carbocycles. The quantitative estimate of drug-likeness (QED) is 0.356. The second kappa shape index (κ2) is 14.0. The fourth-order valence-corrected chi connectivity index (χ4v) is 4.36. The number of nitrogens with one attached hydrogen (secondary N) is 2. The van der Waals surface area contributed by atoms with Crippen LogP contribution in [0.2, 0.25) is 0 Å². The van der Waals surface area contributed by atoms with Crippen LogP contribution in [0.4, 0.5) is 10.5 Å². The number of ether oxygens (including phenoxy) is 2. The van der Waals surface area contributed by atoms with E-state index in [4.69, 9.17) is 9.47 Å². The number of methoxy groups -OCH3 is 1. The van der Waals surface area contributed by atoms with Crippen molar-refractivity contribution in [3.63, 3.8) is 0 Å². The molecule has 2 N–H and O–H groups in total. The van der Waals surface area contributed by atoms with Gasteiger partial charge in [-0.15, -0.1) is 0 Å². The molecule has 2 unspecified atom stereocenters. The number of carbonyl (C=O) groups excluding carboxylic acids is 3. The van der Waals surface area contributed by atoms with Gasteiger partial charge in [-0.2, -0.15) is 0 Å². The summed E-state index contributed by atoms with van der Waals surface area (Å²) in [6, 6.07) is 11.0. The SMILES string of the molecule is CCCN(C(=O)C(CC(C)C)NC(=O)OC(C)(C)C)C(C(=O)Nc1ccc(OC)cc1)c1cccc(C)c1C. The first-order valence-electron chi connectivity index (χ1n) is 13.6. The Kier molecular flexibility index (Phi) is 11.4. The second-order valence-corrected chi connectivity index (χ2v) is 11.3. The zero-order chi connectivity index (χ0) is 29.3. The fourth-order valence-electron chi connectivity index (χ4n) is 4.36. The molecule has 8 nitrogen and oxygen atoms in total. The average Bonchev–Trinajstić information content (AvgIpc) is 2.84. The lowest BCUT2D eigenvalue weighted by Crippen LogP contribution is -2.53. The summed E-state index contributed by atoms with van der Waals surface area (Å²) in [6.45, 7) is 15.5. The summed E-state index contributed by atoms with van der Waals surface area (Å²) in [7, 11) is 1.58. The molecule has 2 aromatic rings. The van der Waals surface area contributed by atoms with Crippen LogP contribution in [0.3, 0.4) is 0 Å². The molecule has 0 heterocycles. The first-order chi connectivity index (χ1) is 18.3. The molecular formula is C31H45N3O5. The highest BCUT2D eigenvalue weighted by Gasteiger charge is 2.37. The molecule has 0 radical (unpaired) electrons. The summed E-state index contributed by atoms with van der Waals surface area (Å²) >= 11 is 0. The lowest BCUT2D eigenvalue weighted by atomic mass is 9.94. The number of nitrogens with zero attached hydrogens (tertiary/aromatic N) is 1. The fraction of sp³-hybridized carbons (Fsp3) is 0.516. The summed E-state index contributed by atoms with van der Waals surface area (Å²) < 4.78 is 10.7. The van der Waals surface area contributed by atoms with E-state index in [1.807, 2.05) is 52.8 Å². The Labute approximate surface area is 233 Å². The minimum absolute atomic E-state index is 0.115. The van der Waals surface area contributed by atoms with E-state index in [0.29, 0.717) is 30.8 Å². The van der Waals surface area contributed by atoms with Crippen molar-refractivity contribution in [2.24, 2.45) is 5.92 Å². The van der Waals surface area contributed by atoms with E-state index in [0.717, 1.165) is 16.7 Å². The molecule has 0 spiro atoms. The van der Waals surface area contributed by atoms with Crippen molar-refractivity contribution in [3.8, 4) is 5.75 Å². The van der Waals surface area contributed by atoms with E-state index in [-0.39, 0.29) is 17.7 Å². The molecule has 0 bridgehead atoms. The van der Waals surface area contributed by atoms with Crippen LogP contribution in [0.25, 0.3) is 0 Å². The Morgan fingerprint density at radius 2 is 1.64 bits per heavy atom. The highest BCUT2D eigenvalue weighted by molar-refractivity contribution is 5.99. The Bertz CT molecular complexity index is 1120. The molecule has 2 atom stereocenters. The summed E-state index contributed by atoms with van der Waals surface area (Å²) in [5, 5.41) is 5.76. The summed E-state index contributed by atoms with van der Waals surface area (Å²) in [6.07, 6.45) is 0.366. The van der Waals surface area contributed by atoms with E-state index in [1.165, 1.54) is 0 Å². The number of benzene rings is 2. The van der Waals surface area contributed by atoms with E-state index in [9.17, 15) is 14.4 Å². The summed E-state index contributed by atoms with van der Waals surface area (Å²) in [5.41, 5.74) is 2.57. The lowest BCUT2D eigenvalue weighted by molar-refractivity contribution is -0.141. The van der Waals surface area contributed by atoms with Crippen LogP contribution in [0.15, 0.2) is 42.5 Å². The van der Waals surface area contributed by atoms with Gasteiger partial charge in [0.05, 0.1) is 7.11 Å². The van der Waals surface area contributed by atoms with Gasteiger partial charge in [0.2, 0.25) is 5.91 Å². The maximum Gasteiger partial charge on any atom is 0.408 e. The van der Waals surface area contributed by atoms with Gasteiger partial charge >= 0.3 is 6.09 Å². The third-order valence-corrected chi connectivity index (χ3v) is 6.30. The molecule has 0 aliphatic heterocycles. The first kappa shape index (κ1) is 31.7. The van der Waals surface area contributed by atoms with Crippen molar-refractivity contribution >= 4 is 23.6 Å². The Balaban J connectivity index is 2.54. The van der Waals surface area contributed by atoms with Crippen LogP contribution in [0.1, 0.15) is 77.1 Å². The van der Waals surface area contributed by atoms with Crippen LogP contribution < -0.4 is 15.4 Å². The molecule has 0 saturated carbocycles. The Morgan fingerprint density at radius 3 is 2.18 bits per heavy atom. The predicted molar refractivity (Wildman–Crippen MR) is 155 cm³/mol. The van der Waals surface area contributed by atoms with Crippen LogP contribution in [-0.2, 0) is 14.3 Å². The largest absolute Gasteiger partial charge is 0.497 e. The zero-order valence-electron chi connectivity index (χ0n) is 24.9. The number of anilines is 1. The van der Waals surface area contributed by atoms with Gasteiger partial charge in [-0.1, -0.05) is 39.0 Å². The van der Waals surface area contributed by atoms with E-state index >= 15 is 0 Å². The van der Waals surface area contributed by atoms with Crippen molar-refractivity contribution in [1.29, 1.82) is 0 Å². The maximum absolute atomic E-state index is 14.2. The predicted octanol–water partition coefficient (Wildman–Crippen LogP) is 6.17. The van der Waals surface area contributed by atoms with E-state index in [2.05, 4.69) is 10.6 Å². The number of hydrogen-bond acceptors (Lipinski definition) is 5. The molecule has 0 aliphatic rings. The van der Waals surface area contributed by atoms with E-state index in [1.54, 1.807) is 57.0 Å². The van der Waals surface area contributed by atoms with Gasteiger partial charge in [-0.25, -0.2) is 4.79 Å². The van der Waals surface area contributed by atoms with Gasteiger partial charge in [-0.3, -0.25) is 9.59 Å². The highest BCUT2D eigenvalue weighted by atomic mass is 16.6. The normalized spacial score (nSPS) is 12.9. The number of amides is 3. The molecule has 0 saturated heterocycles. The summed E-state index contributed by atoms with van der Waals surface area (Å²) in [4.78, 5) is 42.4.